The van der Waals surface area contributed by atoms with E-state index < -0.39 is 5.82 Å². The normalized spacial score (nSPS) is 31.8. The first-order chi connectivity index (χ1) is 10.1. The molecule has 2 bridgehead atoms. The van der Waals surface area contributed by atoms with Crippen molar-refractivity contribution in [2.24, 2.45) is 17.6 Å². The van der Waals surface area contributed by atoms with Crippen molar-refractivity contribution in [3.63, 3.8) is 0 Å². The van der Waals surface area contributed by atoms with Gasteiger partial charge in [-0.25, -0.2) is 4.39 Å². The van der Waals surface area contributed by atoms with Crippen molar-refractivity contribution in [1.29, 1.82) is 0 Å². The standard InChI is InChI=1S/C17H23FN2O/c1-10-4-2-7-14(15(10)18)17(21)20-16-11-5-3-6-12(16)9-13(19)8-11/h2,4,7,11-13,16H,3,5-6,8-9,19H2,1H3,(H,20,21). The number of hydrogen-bond donors (Lipinski definition) is 2. The van der Waals surface area contributed by atoms with E-state index in [0.29, 0.717) is 17.4 Å². The topological polar surface area (TPSA) is 55.1 Å². The van der Waals surface area contributed by atoms with Gasteiger partial charge in [0.1, 0.15) is 5.82 Å². The molecule has 2 aliphatic carbocycles. The van der Waals surface area contributed by atoms with Gasteiger partial charge in [0.2, 0.25) is 0 Å². The van der Waals surface area contributed by atoms with E-state index in [0.717, 1.165) is 25.7 Å². The summed E-state index contributed by atoms with van der Waals surface area (Å²) >= 11 is 0. The Bertz CT molecular complexity index is 532. The van der Waals surface area contributed by atoms with Crippen LogP contribution in [0.5, 0.6) is 0 Å². The number of amides is 1. The van der Waals surface area contributed by atoms with Gasteiger partial charge < -0.3 is 11.1 Å². The molecule has 2 unspecified atom stereocenters. The maximum Gasteiger partial charge on any atom is 0.254 e. The van der Waals surface area contributed by atoms with Crippen LogP contribution in [0, 0.1) is 24.6 Å². The first kappa shape index (κ1) is 14.5. The Hall–Kier alpha value is -1.42. The highest BCUT2D eigenvalue weighted by Crippen LogP contribution is 2.39. The Morgan fingerprint density at radius 3 is 2.62 bits per heavy atom. The molecule has 1 aromatic rings. The van der Waals surface area contributed by atoms with Gasteiger partial charge in [-0.3, -0.25) is 4.79 Å². The second-order valence-corrected chi connectivity index (χ2v) is 6.62. The minimum Gasteiger partial charge on any atom is -0.349 e. The maximum absolute atomic E-state index is 14.1. The van der Waals surface area contributed by atoms with E-state index in [1.165, 1.54) is 6.42 Å². The minimum atomic E-state index is -0.410. The molecule has 0 saturated heterocycles. The summed E-state index contributed by atoms with van der Waals surface area (Å²) in [7, 11) is 0. The molecule has 2 aliphatic rings. The molecular weight excluding hydrogens is 267 g/mol. The maximum atomic E-state index is 14.1. The SMILES string of the molecule is Cc1cccc(C(=O)NC2C3CCCC2CC(N)C3)c1F. The van der Waals surface area contributed by atoms with Crippen molar-refractivity contribution in [2.45, 2.75) is 51.1 Å². The van der Waals surface area contributed by atoms with Crippen LogP contribution >= 0.6 is 0 Å². The summed E-state index contributed by atoms with van der Waals surface area (Å²) < 4.78 is 14.1. The third-order valence-corrected chi connectivity index (χ3v) is 5.11. The van der Waals surface area contributed by atoms with E-state index in [1.807, 2.05) is 0 Å². The molecule has 2 saturated carbocycles. The minimum absolute atomic E-state index is 0.156. The van der Waals surface area contributed by atoms with Gasteiger partial charge in [-0.15, -0.1) is 0 Å². The van der Waals surface area contributed by atoms with Crippen molar-refractivity contribution in [1.82, 2.24) is 5.32 Å². The third-order valence-electron chi connectivity index (χ3n) is 5.11. The first-order valence-corrected chi connectivity index (χ1v) is 7.88. The molecule has 3 nitrogen and oxygen atoms in total. The number of carbonyl (C=O) groups excluding carboxylic acids is 1. The van der Waals surface area contributed by atoms with Crippen molar-refractivity contribution < 1.29 is 9.18 Å². The van der Waals surface area contributed by atoms with Crippen LogP contribution in [0.3, 0.4) is 0 Å². The molecule has 0 aliphatic heterocycles. The number of rotatable bonds is 2. The highest BCUT2D eigenvalue weighted by atomic mass is 19.1. The molecule has 114 valence electrons. The summed E-state index contributed by atoms with van der Waals surface area (Å²) in [6.07, 6.45) is 5.39. The fourth-order valence-corrected chi connectivity index (χ4v) is 4.08. The number of fused-ring (bicyclic) bond motifs is 2. The summed E-state index contributed by atoms with van der Waals surface area (Å²) in [5.74, 6) is 0.204. The van der Waals surface area contributed by atoms with Crippen LogP contribution in [-0.4, -0.2) is 18.0 Å². The number of aryl methyl sites for hydroxylation is 1. The lowest BCUT2D eigenvalue weighted by molar-refractivity contribution is 0.0752. The van der Waals surface area contributed by atoms with Gasteiger partial charge in [0.15, 0.2) is 0 Å². The van der Waals surface area contributed by atoms with E-state index in [9.17, 15) is 9.18 Å². The lowest BCUT2D eigenvalue weighted by Gasteiger charge is -2.45. The van der Waals surface area contributed by atoms with Gasteiger partial charge in [-0.05, 0) is 56.1 Å². The van der Waals surface area contributed by atoms with Crippen LogP contribution < -0.4 is 11.1 Å². The van der Waals surface area contributed by atoms with Crippen molar-refractivity contribution in [2.75, 3.05) is 0 Å². The highest BCUT2D eigenvalue weighted by Gasteiger charge is 2.40. The average Bonchev–Trinajstić information content (AvgIpc) is 2.42. The zero-order valence-corrected chi connectivity index (χ0v) is 12.4. The molecular formula is C17H23FN2O. The second kappa shape index (κ2) is 5.76. The summed E-state index contributed by atoms with van der Waals surface area (Å²) in [6, 6.07) is 5.38. The lowest BCUT2D eigenvalue weighted by Crippen LogP contribution is -2.53. The summed E-state index contributed by atoms with van der Waals surface area (Å²) in [6.45, 7) is 1.68. The molecule has 2 atom stereocenters. The molecule has 3 rings (SSSR count). The molecule has 0 aromatic heterocycles. The quantitative estimate of drug-likeness (QED) is 0.880. The van der Waals surface area contributed by atoms with E-state index in [1.54, 1.807) is 25.1 Å². The largest absolute Gasteiger partial charge is 0.349 e. The molecule has 4 heteroatoms. The van der Waals surface area contributed by atoms with Gasteiger partial charge in [-0.1, -0.05) is 18.6 Å². The van der Waals surface area contributed by atoms with Crippen molar-refractivity contribution >= 4 is 5.91 Å². The predicted molar refractivity (Wildman–Crippen MR) is 80.4 cm³/mol. The molecule has 21 heavy (non-hydrogen) atoms. The lowest BCUT2D eigenvalue weighted by atomic mass is 9.67. The Morgan fingerprint density at radius 2 is 1.95 bits per heavy atom. The Labute approximate surface area is 125 Å². The summed E-state index contributed by atoms with van der Waals surface area (Å²) in [5, 5.41) is 3.09. The van der Waals surface area contributed by atoms with Gasteiger partial charge in [0, 0.05) is 12.1 Å². The first-order valence-electron chi connectivity index (χ1n) is 7.88. The monoisotopic (exact) mass is 290 g/mol. The van der Waals surface area contributed by atoms with E-state index in [-0.39, 0.29) is 23.6 Å². The Kier molecular flexibility index (Phi) is 3.98. The number of carbonyl (C=O) groups is 1. The number of nitrogens with one attached hydrogen (secondary N) is 1. The van der Waals surface area contributed by atoms with Gasteiger partial charge in [0.05, 0.1) is 5.56 Å². The molecule has 1 amide bonds. The fourth-order valence-electron chi connectivity index (χ4n) is 4.08. The summed E-state index contributed by atoms with van der Waals surface area (Å²) in [5.41, 5.74) is 6.76. The van der Waals surface area contributed by atoms with E-state index >= 15 is 0 Å². The van der Waals surface area contributed by atoms with Gasteiger partial charge in [0.25, 0.3) is 5.91 Å². The van der Waals surface area contributed by atoms with Crippen LogP contribution in [0.25, 0.3) is 0 Å². The fraction of sp³-hybridized carbons (Fsp3) is 0.588. The average molecular weight is 290 g/mol. The molecule has 0 spiro atoms. The number of hydrogen-bond acceptors (Lipinski definition) is 2. The third kappa shape index (κ3) is 2.82. The van der Waals surface area contributed by atoms with Gasteiger partial charge in [-0.2, -0.15) is 0 Å². The predicted octanol–water partition coefficient (Wildman–Crippen LogP) is 2.77. The molecule has 0 heterocycles. The summed E-state index contributed by atoms with van der Waals surface area (Å²) in [4.78, 5) is 12.4. The van der Waals surface area contributed by atoms with Crippen molar-refractivity contribution in [3.05, 3.63) is 35.1 Å². The van der Waals surface area contributed by atoms with Gasteiger partial charge >= 0.3 is 0 Å². The smallest absolute Gasteiger partial charge is 0.254 e. The number of benzene rings is 1. The Morgan fingerprint density at radius 1 is 1.29 bits per heavy atom. The number of nitrogens with two attached hydrogens (primary N) is 1. The molecule has 1 aromatic carbocycles. The van der Waals surface area contributed by atoms with Crippen LogP contribution in [0.4, 0.5) is 4.39 Å². The zero-order valence-electron chi connectivity index (χ0n) is 12.4. The van der Waals surface area contributed by atoms with Crippen LogP contribution in [0.2, 0.25) is 0 Å². The Balaban J connectivity index is 1.77. The van der Waals surface area contributed by atoms with Crippen molar-refractivity contribution in [3.8, 4) is 0 Å². The molecule has 2 fully saturated rings. The van der Waals surface area contributed by atoms with Crippen LogP contribution in [0.1, 0.15) is 48.0 Å². The highest BCUT2D eigenvalue weighted by molar-refractivity contribution is 5.94. The van der Waals surface area contributed by atoms with Crippen LogP contribution in [-0.2, 0) is 0 Å². The number of halogens is 1. The second-order valence-electron chi connectivity index (χ2n) is 6.62. The van der Waals surface area contributed by atoms with Crippen LogP contribution in [0.15, 0.2) is 18.2 Å². The molecule has 0 radical (unpaired) electrons. The van der Waals surface area contributed by atoms with E-state index in [4.69, 9.17) is 5.73 Å². The zero-order chi connectivity index (χ0) is 15.0. The van der Waals surface area contributed by atoms with E-state index in [2.05, 4.69) is 5.32 Å². The molecule has 3 N–H and O–H groups in total.